The second kappa shape index (κ2) is 11.4. The fourth-order valence-electron chi connectivity index (χ4n) is 5.05. The number of aromatic nitrogens is 6. The van der Waals surface area contributed by atoms with Crippen molar-refractivity contribution in [3.05, 3.63) is 95.6 Å². The van der Waals surface area contributed by atoms with Crippen molar-refractivity contribution < 1.29 is 4.74 Å². The Labute approximate surface area is 220 Å². The average molecular weight is 501 g/mol. The van der Waals surface area contributed by atoms with E-state index in [1.807, 2.05) is 33.9 Å². The molecule has 0 aliphatic rings. The molecule has 0 fully saturated rings. The van der Waals surface area contributed by atoms with Gasteiger partial charge in [0.25, 0.3) is 0 Å². The van der Waals surface area contributed by atoms with E-state index in [0.29, 0.717) is 26.3 Å². The van der Waals surface area contributed by atoms with Gasteiger partial charge in [-0.3, -0.25) is 0 Å². The topological polar surface area (TPSA) is 70.7 Å². The molecule has 7 heteroatoms. The summed E-state index contributed by atoms with van der Waals surface area (Å²) in [6.45, 7) is 15.9. The fraction of sp³-hybridized carbons (Fsp3) is 0.467. The molecular weight excluding hydrogens is 460 g/mol. The van der Waals surface area contributed by atoms with Crippen LogP contribution >= 0.6 is 0 Å². The van der Waals surface area contributed by atoms with Crippen LogP contribution in [0, 0.1) is 10.8 Å². The van der Waals surface area contributed by atoms with E-state index in [0.717, 1.165) is 11.4 Å². The lowest BCUT2D eigenvalue weighted by Crippen LogP contribution is -2.20. The minimum atomic E-state index is 0.0296. The van der Waals surface area contributed by atoms with Gasteiger partial charge in [-0.05, 0) is 22.0 Å². The van der Waals surface area contributed by atoms with E-state index in [-0.39, 0.29) is 22.7 Å². The molecule has 0 aliphatic heterocycles. The summed E-state index contributed by atoms with van der Waals surface area (Å²) in [6.07, 6.45) is 4.10. The second-order valence-corrected chi connectivity index (χ2v) is 11.8. The van der Waals surface area contributed by atoms with Crippen LogP contribution in [0.1, 0.15) is 75.9 Å². The summed E-state index contributed by atoms with van der Waals surface area (Å²) in [7, 11) is 0. The SMILES string of the molecule is CC(C)(C)C(c1ccccc1)c1cn(CCOCCn2cc(C(c3ccccc3)C(C)(C)C)nn2)nn1. The maximum absolute atomic E-state index is 5.91. The van der Waals surface area contributed by atoms with Gasteiger partial charge in [-0.25, -0.2) is 9.36 Å². The lowest BCUT2D eigenvalue weighted by Gasteiger charge is -2.29. The smallest absolute Gasteiger partial charge is 0.0907 e. The molecule has 0 radical (unpaired) electrons. The van der Waals surface area contributed by atoms with Crippen LogP contribution < -0.4 is 0 Å². The van der Waals surface area contributed by atoms with E-state index in [2.05, 4.69) is 111 Å². The molecule has 196 valence electrons. The summed E-state index contributed by atoms with van der Waals surface area (Å²) in [5, 5.41) is 17.7. The molecule has 0 aliphatic carbocycles. The number of hydrogen-bond acceptors (Lipinski definition) is 5. The van der Waals surface area contributed by atoms with Gasteiger partial charge in [0.2, 0.25) is 0 Å². The molecule has 2 aromatic heterocycles. The Kier molecular flexibility index (Phi) is 8.22. The Morgan fingerprint density at radius 3 is 1.35 bits per heavy atom. The van der Waals surface area contributed by atoms with E-state index in [9.17, 15) is 0 Å². The molecule has 4 aromatic rings. The monoisotopic (exact) mass is 500 g/mol. The minimum absolute atomic E-state index is 0.0296. The third kappa shape index (κ3) is 6.92. The Hall–Kier alpha value is -3.32. The fourth-order valence-corrected chi connectivity index (χ4v) is 5.05. The number of benzene rings is 2. The molecule has 0 amide bonds. The summed E-state index contributed by atoms with van der Waals surface area (Å²) in [5.74, 6) is 0.357. The largest absolute Gasteiger partial charge is 0.378 e. The standard InChI is InChI=1S/C30H40N6O/c1-29(2,3)27(23-13-9-7-10-14-23)25-21-35(33-31-25)17-19-37-20-18-36-22-26(32-34-36)28(30(4,5)6)24-15-11-8-12-16-24/h7-16,21-22,27-28H,17-20H2,1-6H3. The van der Waals surface area contributed by atoms with Crippen LogP contribution in [-0.4, -0.2) is 43.2 Å². The first-order valence-electron chi connectivity index (χ1n) is 13.1. The molecule has 2 aromatic carbocycles. The van der Waals surface area contributed by atoms with Gasteiger partial charge in [0.1, 0.15) is 0 Å². The summed E-state index contributed by atoms with van der Waals surface area (Å²) in [5.41, 5.74) is 4.54. The van der Waals surface area contributed by atoms with Crippen LogP contribution in [0.25, 0.3) is 0 Å². The van der Waals surface area contributed by atoms with Gasteiger partial charge in [-0.2, -0.15) is 0 Å². The molecular formula is C30H40N6O. The Bertz CT molecular complexity index is 1140. The van der Waals surface area contributed by atoms with Gasteiger partial charge >= 0.3 is 0 Å². The van der Waals surface area contributed by atoms with E-state index < -0.39 is 0 Å². The van der Waals surface area contributed by atoms with Crippen LogP contribution in [0.5, 0.6) is 0 Å². The third-order valence-electron chi connectivity index (χ3n) is 6.63. The van der Waals surface area contributed by atoms with Crippen LogP contribution in [0.2, 0.25) is 0 Å². The molecule has 0 saturated heterocycles. The van der Waals surface area contributed by atoms with Gasteiger partial charge in [0, 0.05) is 24.2 Å². The first-order valence-corrected chi connectivity index (χ1v) is 13.1. The van der Waals surface area contributed by atoms with Gasteiger partial charge in [0.05, 0.1) is 37.7 Å². The van der Waals surface area contributed by atoms with E-state index in [4.69, 9.17) is 4.74 Å². The number of rotatable bonds is 10. The van der Waals surface area contributed by atoms with Crippen molar-refractivity contribution in [2.24, 2.45) is 10.8 Å². The number of ether oxygens (including phenoxy) is 1. The highest BCUT2D eigenvalue weighted by Crippen LogP contribution is 2.40. The lowest BCUT2D eigenvalue weighted by molar-refractivity contribution is 0.113. The second-order valence-electron chi connectivity index (χ2n) is 11.8. The highest BCUT2D eigenvalue weighted by atomic mass is 16.5. The van der Waals surface area contributed by atoms with Crippen molar-refractivity contribution in [3.63, 3.8) is 0 Å². The summed E-state index contributed by atoms with van der Waals surface area (Å²) >= 11 is 0. The highest BCUT2D eigenvalue weighted by Gasteiger charge is 2.31. The molecule has 2 heterocycles. The maximum atomic E-state index is 5.91. The third-order valence-corrected chi connectivity index (χ3v) is 6.63. The van der Waals surface area contributed by atoms with Crippen molar-refractivity contribution in [1.82, 2.24) is 30.0 Å². The van der Waals surface area contributed by atoms with Gasteiger partial charge in [0.15, 0.2) is 0 Å². The first-order chi connectivity index (χ1) is 17.6. The Morgan fingerprint density at radius 2 is 1.00 bits per heavy atom. The van der Waals surface area contributed by atoms with Gasteiger partial charge < -0.3 is 4.74 Å². The molecule has 0 bridgehead atoms. The zero-order valence-electron chi connectivity index (χ0n) is 23.0. The normalized spacial score (nSPS) is 14.0. The quantitative estimate of drug-likeness (QED) is 0.252. The Balaban J connectivity index is 1.30. The van der Waals surface area contributed by atoms with Crippen molar-refractivity contribution in [2.45, 2.75) is 66.5 Å². The molecule has 2 atom stereocenters. The first kappa shape index (κ1) is 26.7. The number of nitrogens with zero attached hydrogens (tertiary/aromatic N) is 6. The molecule has 37 heavy (non-hydrogen) atoms. The maximum Gasteiger partial charge on any atom is 0.0907 e. The minimum Gasteiger partial charge on any atom is -0.378 e. The van der Waals surface area contributed by atoms with Crippen molar-refractivity contribution in [3.8, 4) is 0 Å². The predicted octanol–water partition coefficient (Wildman–Crippen LogP) is 5.94. The van der Waals surface area contributed by atoms with Crippen LogP contribution in [0.4, 0.5) is 0 Å². The van der Waals surface area contributed by atoms with Gasteiger partial charge in [-0.15, -0.1) is 10.2 Å². The van der Waals surface area contributed by atoms with Crippen LogP contribution in [0.3, 0.4) is 0 Å². The van der Waals surface area contributed by atoms with E-state index >= 15 is 0 Å². The van der Waals surface area contributed by atoms with E-state index in [1.54, 1.807) is 0 Å². The Morgan fingerprint density at radius 1 is 0.622 bits per heavy atom. The van der Waals surface area contributed by atoms with Crippen LogP contribution in [0.15, 0.2) is 73.1 Å². The van der Waals surface area contributed by atoms with Crippen molar-refractivity contribution in [2.75, 3.05) is 13.2 Å². The molecule has 0 saturated carbocycles. The van der Waals surface area contributed by atoms with Crippen molar-refractivity contribution in [1.29, 1.82) is 0 Å². The zero-order chi connectivity index (χ0) is 26.5. The predicted molar refractivity (Wildman–Crippen MR) is 146 cm³/mol. The summed E-state index contributed by atoms with van der Waals surface area (Å²) in [4.78, 5) is 0. The highest BCUT2D eigenvalue weighted by molar-refractivity contribution is 5.30. The molecule has 0 spiro atoms. The number of hydrogen-bond donors (Lipinski definition) is 0. The zero-order valence-corrected chi connectivity index (χ0v) is 23.0. The van der Waals surface area contributed by atoms with Gasteiger partial charge in [-0.1, -0.05) is 113 Å². The molecule has 7 nitrogen and oxygen atoms in total. The van der Waals surface area contributed by atoms with Crippen LogP contribution in [-0.2, 0) is 17.8 Å². The lowest BCUT2D eigenvalue weighted by atomic mass is 9.75. The van der Waals surface area contributed by atoms with Crippen molar-refractivity contribution >= 4 is 0 Å². The molecule has 4 rings (SSSR count). The molecule has 0 N–H and O–H groups in total. The average Bonchev–Trinajstić information content (AvgIpc) is 3.49. The summed E-state index contributed by atoms with van der Waals surface area (Å²) in [6, 6.07) is 21.1. The van der Waals surface area contributed by atoms with E-state index in [1.165, 1.54) is 11.1 Å². The summed E-state index contributed by atoms with van der Waals surface area (Å²) < 4.78 is 9.65. The molecule has 2 unspecified atom stereocenters.